The second kappa shape index (κ2) is 7.72. The summed E-state index contributed by atoms with van der Waals surface area (Å²) in [6, 6.07) is 0.166. The van der Waals surface area contributed by atoms with Gasteiger partial charge in [0.25, 0.3) is 0 Å². The van der Waals surface area contributed by atoms with Crippen molar-refractivity contribution >= 4 is 15.9 Å². The van der Waals surface area contributed by atoms with Crippen LogP contribution in [0.1, 0.15) is 45.0 Å². The highest BCUT2D eigenvalue weighted by molar-refractivity contribution is 9.10. The molecular weight excluding hydrogens is 330 g/mol. The normalized spacial score (nSPS) is 14.0. The number of likely N-dealkylation sites (N-methyl/N-ethyl adjacent to an activating group) is 1. The molecule has 1 atom stereocenters. The Morgan fingerprint density at radius 2 is 1.90 bits per heavy atom. The molecule has 1 aromatic rings. The summed E-state index contributed by atoms with van der Waals surface area (Å²) in [5.41, 5.74) is 5.39. The number of hydrogen-bond acceptors (Lipinski definition) is 4. The molecule has 6 heteroatoms. The number of nitrogens with two attached hydrogens (primary N) is 1. The molecule has 0 saturated carbocycles. The fourth-order valence-electron chi connectivity index (χ4n) is 3.33. The number of rotatable bonds is 8. The van der Waals surface area contributed by atoms with E-state index in [1.165, 1.54) is 5.69 Å². The fraction of sp³-hybridized carbons (Fsp3) is 0.800. The highest BCUT2D eigenvalue weighted by Gasteiger charge is 2.38. The summed E-state index contributed by atoms with van der Waals surface area (Å²) in [5, 5.41) is 4.58. The summed E-state index contributed by atoms with van der Waals surface area (Å²) in [6.45, 7) is 6.57. The Bertz CT molecular complexity index is 451. The van der Waals surface area contributed by atoms with E-state index in [4.69, 9.17) is 5.84 Å². The topological polar surface area (TPSA) is 59.1 Å². The molecule has 122 valence electrons. The Morgan fingerprint density at radius 1 is 1.33 bits per heavy atom. The van der Waals surface area contributed by atoms with Crippen LogP contribution in [0.5, 0.6) is 0 Å². The van der Waals surface area contributed by atoms with E-state index in [1.807, 2.05) is 11.7 Å². The van der Waals surface area contributed by atoms with Crippen LogP contribution in [0.4, 0.5) is 0 Å². The predicted molar refractivity (Wildman–Crippen MR) is 92.1 cm³/mol. The lowest BCUT2D eigenvalue weighted by molar-refractivity contribution is 0.0873. The molecule has 0 saturated heterocycles. The van der Waals surface area contributed by atoms with Gasteiger partial charge in [-0.1, -0.05) is 20.8 Å². The van der Waals surface area contributed by atoms with Crippen molar-refractivity contribution in [1.82, 2.24) is 20.1 Å². The van der Waals surface area contributed by atoms with Crippen LogP contribution in [0.25, 0.3) is 0 Å². The van der Waals surface area contributed by atoms with E-state index in [9.17, 15) is 0 Å². The first-order chi connectivity index (χ1) is 9.87. The maximum Gasteiger partial charge on any atom is 0.0766 e. The largest absolute Gasteiger partial charge is 0.302 e. The Hall–Kier alpha value is -0.430. The molecule has 0 aliphatic heterocycles. The van der Waals surface area contributed by atoms with E-state index in [2.05, 4.69) is 66.2 Å². The van der Waals surface area contributed by atoms with Crippen molar-refractivity contribution in [2.45, 2.75) is 58.0 Å². The molecule has 0 fully saturated rings. The van der Waals surface area contributed by atoms with Crippen LogP contribution in [0.2, 0.25) is 0 Å². The molecule has 1 unspecified atom stereocenters. The molecule has 0 aliphatic rings. The number of aryl methyl sites for hydroxylation is 2. The van der Waals surface area contributed by atoms with E-state index in [-0.39, 0.29) is 11.6 Å². The maximum absolute atomic E-state index is 5.91. The molecular formula is C15H30BrN5. The molecule has 3 N–H and O–H groups in total. The Kier molecular flexibility index (Phi) is 6.84. The average molecular weight is 360 g/mol. The summed E-state index contributed by atoms with van der Waals surface area (Å²) in [5.74, 6) is 5.91. The molecule has 21 heavy (non-hydrogen) atoms. The Morgan fingerprint density at radius 3 is 2.24 bits per heavy atom. The van der Waals surface area contributed by atoms with Gasteiger partial charge in [0.05, 0.1) is 15.9 Å². The van der Waals surface area contributed by atoms with Gasteiger partial charge in [0.1, 0.15) is 0 Å². The van der Waals surface area contributed by atoms with Crippen molar-refractivity contribution in [2.75, 3.05) is 14.1 Å². The van der Waals surface area contributed by atoms with Crippen molar-refractivity contribution in [3.8, 4) is 0 Å². The average Bonchev–Trinajstić information content (AvgIpc) is 2.74. The van der Waals surface area contributed by atoms with Crippen molar-refractivity contribution in [3.63, 3.8) is 0 Å². The molecule has 0 radical (unpaired) electrons. The fourth-order valence-corrected chi connectivity index (χ4v) is 4.10. The minimum atomic E-state index is 0.0326. The smallest absolute Gasteiger partial charge is 0.0766 e. The minimum absolute atomic E-state index is 0.0326. The van der Waals surface area contributed by atoms with Crippen LogP contribution in [-0.2, 0) is 19.9 Å². The maximum atomic E-state index is 5.91. The quantitative estimate of drug-likeness (QED) is 0.551. The van der Waals surface area contributed by atoms with Crippen molar-refractivity contribution < 1.29 is 0 Å². The standard InChI is InChI=1S/C15H30BrN5/c1-7-11-14(16)12(21(6)19-11)10-13(18-17)15(8-2,9-3)20(4)5/h13,18H,7-10,17H2,1-6H3. The zero-order valence-corrected chi connectivity index (χ0v) is 15.8. The first-order valence-corrected chi connectivity index (χ1v) is 8.50. The lowest BCUT2D eigenvalue weighted by Crippen LogP contribution is -2.61. The molecule has 0 spiro atoms. The van der Waals surface area contributed by atoms with Gasteiger partial charge in [-0.2, -0.15) is 5.10 Å². The highest BCUT2D eigenvalue weighted by Crippen LogP contribution is 2.30. The van der Waals surface area contributed by atoms with Gasteiger partial charge >= 0.3 is 0 Å². The first kappa shape index (κ1) is 18.6. The third-order valence-corrected chi connectivity index (χ3v) is 5.78. The van der Waals surface area contributed by atoms with Gasteiger partial charge in [0, 0.05) is 25.0 Å². The third kappa shape index (κ3) is 3.50. The lowest BCUT2D eigenvalue weighted by Gasteiger charge is -2.45. The van der Waals surface area contributed by atoms with Gasteiger partial charge in [-0.05, 0) is 49.3 Å². The van der Waals surface area contributed by atoms with Crippen LogP contribution >= 0.6 is 15.9 Å². The van der Waals surface area contributed by atoms with Crippen molar-refractivity contribution in [3.05, 3.63) is 15.9 Å². The molecule has 1 rings (SSSR count). The number of nitrogens with zero attached hydrogens (tertiary/aromatic N) is 3. The molecule has 0 amide bonds. The second-order valence-electron chi connectivity index (χ2n) is 5.81. The minimum Gasteiger partial charge on any atom is -0.302 e. The van der Waals surface area contributed by atoms with Crippen LogP contribution in [0.3, 0.4) is 0 Å². The predicted octanol–water partition coefficient (Wildman–Crippen LogP) is 2.24. The summed E-state index contributed by atoms with van der Waals surface area (Å²) in [6.07, 6.45) is 3.86. The summed E-state index contributed by atoms with van der Waals surface area (Å²) >= 11 is 3.70. The Labute approximate surface area is 137 Å². The first-order valence-electron chi connectivity index (χ1n) is 7.71. The Balaban J connectivity index is 3.15. The van der Waals surface area contributed by atoms with Crippen LogP contribution in [0, 0.1) is 0 Å². The molecule has 5 nitrogen and oxygen atoms in total. The highest BCUT2D eigenvalue weighted by atomic mass is 79.9. The monoisotopic (exact) mass is 359 g/mol. The summed E-state index contributed by atoms with van der Waals surface area (Å²) in [4.78, 5) is 2.29. The van der Waals surface area contributed by atoms with E-state index >= 15 is 0 Å². The molecule has 0 aromatic carbocycles. The van der Waals surface area contributed by atoms with Gasteiger partial charge in [-0.25, -0.2) is 0 Å². The summed E-state index contributed by atoms with van der Waals surface area (Å²) in [7, 11) is 6.27. The van der Waals surface area contributed by atoms with E-state index in [0.717, 1.165) is 35.8 Å². The van der Waals surface area contributed by atoms with E-state index in [0.29, 0.717) is 0 Å². The molecule has 1 aromatic heterocycles. The van der Waals surface area contributed by atoms with Gasteiger partial charge < -0.3 is 4.90 Å². The molecule has 1 heterocycles. The van der Waals surface area contributed by atoms with Gasteiger partial charge in [0.2, 0.25) is 0 Å². The van der Waals surface area contributed by atoms with Crippen LogP contribution in [-0.4, -0.2) is 40.4 Å². The van der Waals surface area contributed by atoms with Gasteiger partial charge in [-0.3, -0.25) is 16.0 Å². The molecule has 0 bridgehead atoms. The summed E-state index contributed by atoms with van der Waals surface area (Å²) < 4.78 is 3.09. The SMILES string of the molecule is CCc1nn(C)c(CC(NN)C(CC)(CC)N(C)C)c1Br. The van der Waals surface area contributed by atoms with E-state index in [1.54, 1.807) is 0 Å². The van der Waals surface area contributed by atoms with Crippen molar-refractivity contribution in [1.29, 1.82) is 0 Å². The van der Waals surface area contributed by atoms with Crippen LogP contribution in [0.15, 0.2) is 4.47 Å². The zero-order valence-electron chi connectivity index (χ0n) is 14.2. The second-order valence-corrected chi connectivity index (χ2v) is 6.61. The third-order valence-electron chi connectivity index (χ3n) is 4.87. The molecule has 0 aliphatic carbocycles. The lowest BCUT2D eigenvalue weighted by atomic mass is 9.81. The number of nitrogens with one attached hydrogen (secondary N) is 1. The number of hydrazine groups is 1. The number of halogens is 1. The van der Waals surface area contributed by atoms with E-state index < -0.39 is 0 Å². The zero-order chi connectivity index (χ0) is 16.2. The number of aromatic nitrogens is 2. The van der Waals surface area contributed by atoms with Crippen LogP contribution < -0.4 is 11.3 Å². The van der Waals surface area contributed by atoms with Gasteiger partial charge in [0.15, 0.2) is 0 Å². The van der Waals surface area contributed by atoms with Crippen molar-refractivity contribution in [2.24, 2.45) is 12.9 Å². The van der Waals surface area contributed by atoms with Gasteiger partial charge in [-0.15, -0.1) is 0 Å². The number of hydrogen-bond donors (Lipinski definition) is 2.